The van der Waals surface area contributed by atoms with E-state index in [9.17, 15) is 4.79 Å². The highest BCUT2D eigenvalue weighted by molar-refractivity contribution is 5.91. The van der Waals surface area contributed by atoms with E-state index in [0.717, 1.165) is 24.8 Å². The van der Waals surface area contributed by atoms with Gasteiger partial charge in [-0.2, -0.15) is 0 Å². The minimum atomic E-state index is -0.0581. The van der Waals surface area contributed by atoms with Gasteiger partial charge in [0.15, 0.2) is 0 Å². The minimum Gasteiger partial charge on any atom is -0.462 e. The third-order valence-electron chi connectivity index (χ3n) is 2.92. The molecule has 2 nitrogen and oxygen atoms in total. The van der Waals surface area contributed by atoms with Crippen LogP contribution < -0.4 is 0 Å². The van der Waals surface area contributed by atoms with Gasteiger partial charge in [-0.1, -0.05) is 32.3 Å². The second-order valence-corrected chi connectivity index (χ2v) is 4.18. The van der Waals surface area contributed by atoms with E-state index in [-0.39, 0.29) is 5.97 Å². The van der Waals surface area contributed by atoms with Crippen LogP contribution in [0.5, 0.6) is 0 Å². The van der Waals surface area contributed by atoms with E-state index in [1.807, 2.05) is 0 Å². The molecule has 0 aromatic heterocycles. The summed E-state index contributed by atoms with van der Waals surface area (Å²) in [6.07, 6.45) is 7.77. The van der Waals surface area contributed by atoms with E-state index in [1.165, 1.54) is 31.3 Å². The zero-order chi connectivity index (χ0) is 11.1. The first kappa shape index (κ1) is 12.3. The van der Waals surface area contributed by atoms with Crippen LogP contribution in [0.4, 0.5) is 0 Å². The second kappa shape index (κ2) is 6.65. The lowest BCUT2D eigenvalue weighted by Gasteiger charge is -2.08. The molecule has 0 N–H and O–H groups in total. The van der Waals surface area contributed by atoms with Gasteiger partial charge in [0.05, 0.1) is 6.61 Å². The molecule has 2 heteroatoms. The van der Waals surface area contributed by atoms with Crippen molar-refractivity contribution in [1.82, 2.24) is 0 Å². The fourth-order valence-electron chi connectivity index (χ4n) is 1.96. The lowest BCUT2D eigenvalue weighted by Crippen LogP contribution is -2.00. The maximum absolute atomic E-state index is 11.5. The number of esters is 1. The van der Waals surface area contributed by atoms with Crippen LogP contribution in [-0.2, 0) is 9.53 Å². The molecule has 86 valence electrons. The maximum atomic E-state index is 11.5. The van der Waals surface area contributed by atoms with Gasteiger partial charge >= 0.3 is 5.97 Å². The lowest BCUT2D eigenvalue weighted by atomic mass is 9.96. The number of allylic oxidation sites excluding steroid dienone is 1. The summed E-state index contributed by atoms with van der Waals surface area (Å²) < 4.78 is 5.01. The summed E-state index contributed by atoms with van der Waals surface area (Å²) in [6.45, 7) is 4.97. The predicted molar refractivity (Wildman–Crippen MR) is 61.7 cm³/mol. The molecule has 0 spiro atoms. The second-order valence-electron chi connectivity index (χ2n) is 4.18. The van der Waals surface area contributed by atoms with Crippen molar-refractivity contribution >= 4 is 5.97 Å². The highest BCUT2D eigenvalue weighted by Gasteiger charge is 2.22. The molecule has 0 amide bonds. The summed E-state index contributed by atoms with van der Waals surface area (Å²) in [7, 11) is 0. The van der Waals surface area contributed by atoms with Crippen molar-refractivity contribution < 1.29 is 9.53 Å². The van der Waals surface area contributed by atoms with Crippen LogP contribution in [0.15, 0.2) is 11.1 Å². The average Bonchev–Trinajstić information content (AvgIpc) is 2.65. The van der Waals surface area contributed by atoms with E-state index in [1.54, 1.807) is 0 Å². The Hall–Kier alpha value is -0.790. The van der Waals surface area contributed by atoms with Gasteiger partial charge in [0, 0.05) is 12.0 Å². The third kappa shape index (κ3) is 3.69. The summed E-state index contributed by atoms with van der Waals surface area (Å²) in [5, 5.41) is 0. The maximum Gasteiger partial charge on any atom is 0.334 e. The zero-order valence-corrected chi connectivity index (χ0v) is 9.97. The lowest BCUT2D eigenvalue weighted by molar-refractivity contribution is -0.135. The Kier molecular flexibility index (Phi) is 5.44. The molecule has 1 aliphatic heterocycles. The molecule has 0 saturated carbocycles. The summed E-state index contributed by atoms with van der Waals surface area (Å²) >= 11 is 0. The standard InChI is InChI=1S/C13H22O2/c1-3-5-7-11(8-6-4-2)12-9-10-15-13(12)14/h3-10H2,1-2H3. The van der Waals surface area contributed by atoms with E-state index < -0.39 is 0 Å². The van der Waals surface area contributed by atoms with Gasteiger partial charge in [0.2, 0.25) is 0 Å². The van der Waals surface area contributed by atoms with Crippen LogP contribution in [0.2, 0.25) is 0 Å². The molecule has 15 heavy (non-hydrogen) atoms. The van der Waals surface area contributed by atoms with E-state index in [4.69, 9.17) is 4.74 Å². The fraction of sp³-hybridized carbons (Fsp3) is 0.769. The van der Waals surface area contributed by atoms with Gasteiger partial charge < -0.3 is 4.74 Å². The first-order chi connectivity index (χ1) is 7.29. The molecule has 0 aromatic carbocycles. The Morgan fingerprint density at radius 2 is 1.80 bits per heavy atom. The number of ether oxygens (including phenoxy) is 1. The number of cyclic esters (lactones) is 1. The topological polar surface area (TPSA) is 26.3 Å². The van der Waals surface area contributed by atoms with Gasteiger partial charge in [-0.15, -0.1) is 0 Å². The van der Waals surface area contributed by atoms with Crippen LogP contribution in [0.3, 0.4) is 0 Å². The van der Waals surface area contributed by atoms with E-state index in [2.05, 4.69) is 13.8 Å². The van der Waals surface area contributed by atoms with Crippen LogP contribution in [-0.4, -0.2) is 12.6 Å². The number of hydrogen-bond donors (Lipinski definition) is 0. The van der Waals surface area contributed by atoms with Crippen molar-refractivity contribution in [2.24, 2.45) is 0 Å². The van der Waals surface area contributed by atoms with Crippen molar-refractivity contribution in [1.29, 1.82) is 0 Å². The Bertz CT molecular complexity index is 231. The molecule has 0 aliphatic carbocycles. The number of rotatable bonds is 6. The van der Waals surface area contributed by atoms with E-state index >= 15 is 0 Å². The van der Waals surface area contributed by atoms with Gasteiger partial charge in [-0.3, -0.25) is 0 Å². The summed E-state index contributed by atoms with van der Waals surface area (Å²) in [5.41, 5.74) is 2.35. The average molecular weight is 210 g/mol. The molecule has 1 heterocycles. The Morgan fingerprint density at radius 3 is 2.20 bits per heavy atom. The highest BCUT2D eigenvalue weighted by atomic mass is 16.5. The van der Waals surface area contributed by atoms with Crippen molar-refractivity contribution in [2.75, 3.05) is 6.61 Å². The Balaban J connectivity index is 2.63. The number of hydrogen-bond acceptors (Lipinski definition) is 2. The molecular weight excluding hydrogens is 188 g/mol. The van der Waals surface area contributed by atoms with Crippen molar-refractivity contribution in [3.05, 3.63) is 11.1 Å². The van der Waals surface area contributed by atoms with Crippen LogP contribution in [0.25, 0.3) is 0 Å². The molecule has 0 atom stereocenters. The van der Waals surface area contributed by atoms with Gasteiger partial charge in [0.25, 0.3) is 0 Å². The van der Waals surface area contributed by atoms with Crippen LogP contribution in [0.1, 0.15) is 58.8 Å². The molecule has 1 saturated heterocycles. The molecule has 0 radical (unpaired) electrons. The number of carbonyl (C=O) groups excluding carboxylic acids is 1. The number of carbonyl (C=O) groups is 1. The summed E-state index contributed by atoms with van der Waals surface area (Å²) in [6, 6.07) is 0. The Morgan fingerprint density at radius 1 is 1.20 bits per heavy atom. The quantitative estimate of drug-likeness (QED) is 0.494. The summed E-state index contributed by atoms with van der Waals surface area (Å²) in [4.78, 5) is 11.5. The normalized spacial score (nSPS) is 15.6. The smallest absolute Gasteiger partial charge is 0.334 e. The molecule has 0 bridgehead atoms. The SMILES string of the molecule is CCCCC(CCCC)=C1CCOC1=O. The molecule has 0 aromatic rings. The summed E-state index contributed by atoms with van der Waals surface area (Å²) in [5.74, 6) is -0.0581. The monoisotopic (exact) mass is 210 g/mol. The third-order valence-corrected chi connectivity index (χ3v) is 2.92. The molecule has 1 fully saturated rings. The molecular formula is C13H22O2. The predicted octanol–water partition coefficient (Wildman–Crippen LogP) is 3.61. The minimum absolute atomic E-state index is 0.0581. The zero-order valence-electron chi connectivity index (χ0n) is 9.97. The molecule has 1 aliphatic rings. The van der Waals surface area contributed by atoms with Crippen molar-refractivity contribution in [2.45, 2.75) is 58.8 Å². The number of unbranched alkanes of at least 4 members (excludes halogenated alkanes) is 2. The molecule has 0 unspecified atom stereocenters. The largest absolute Gasteiger partial charge is 0.462 e. The van der Waals surface area contributed by atoms with Gasteiger partial charge in [-0.25, -0.2) is 4.79 Å². The molecule has 1 rings (SSSR count). The first-order valence-corrected chi connectivity index (χ1v) is 6.17. The van der Waals surface area contributed by atoms with Gasteiger partial charge in [0.1, 0.15) is 0 Å². The fourth-order valence-corrected chi connectivity index (χ4v) is 1.96. The highest BCUT2D eigenvalue weighted by Crippen LogP contribution is 2.25. The Labute approximate surface area is 92.7 Å². The van der Waals surface area contributed by atoms with Gasteiger partial charge in [-0.05, 0) is 25.7 Å². The first-order valence-electron chi connectivity index (χ1n) is 6.17. The van der Waals surface area contributed by atoms with Crippen LogP contribution >= 0.6 is 0 Å². The van der Waals surface area contributed by atoms with Crippen molar-refractivity contribution in [3.63, 3.8) is 0 Å². The van der Waals surface area contributed by atoms with Crippen molar-refractivity contribution in [3.8, 4) is 0 Å². The van der Waals surface area contributed by atoms with E-state index in [0.29, 0.717) is 6.61 Å². The van der Waals surface area contributed by atoms with Crippen LogP contribution in [0, 0.1) is 0 Å².